The van der Waals surface area contributed by atoms with Gasteiger partial charge in [0.2, 0.25) is 5.91 Å². The van der Waals surface area contributed by atoms with Crippen molar-refractivity contribution in [2.24, 2.45) is 5.73 Å². The summed E-state index contributed by atoms with van der Waals surface area (Å²) in [7, 11) is 1.73. The van der Waals surface area contributed by atoms with Gasteiger partial charge in [-0.05, 0) is 31.0 Å². The van der Waals surface area contributed by atoms with Gasteiger partial charge < -0.3 is 10.6 Å². The molecular formula is C14H22ClFN2O. The van der Waals surface area contributed by atoms with Crippen LogP contribution in [0.1, 0.15) is 38.3 Å². The zero-order chi connectivity index (χ0) is 13.7. The molecular weight excluding hydrogens is 267 g/mol. The van der Waals surface area contributed by atoms with Gasteiger partial charge in [-0.15, -0.1) is 12.4 Å². The second-order valence-electron chi connectivity index (χ2n) is 4.57. The molecule has 0 saturated heterocycles. The summed E-state index contributed by atoms with van der Waals surface area (Å²) in [6.45, 7) is 3.90. The molecule has 3 nitrogen and oxygen atoms in total. The molecule has 2 unspecified atom stereocenters. The third-order valence-electron chi connectivity index (χ3n) is 3.20. The smallest absolute Gasteiger partial charge is 0.239 e. The minimum atomic E-state index is -0.456. The summed E-state index contributed by atoms with van der Waals surface area (Å²) in [6.07, 6.45) is 1.56. The van der Waals surface area contributed by atoms with E-state index in [0.29, 0.717) is 6.42 Å². The van der Waals surface area contributed by atoms with Crippen LogP contribution in [-0.4, -0.2) is 23.9 Å². The van der Waals surface area contributed by atoms with E-state index in [1.165, 1.54) is 12.1 Å². The van der Waals surface area contributed by atoms with Gasteiger partial charge in [0, 0.05) is 7.05 Å². The van der Waals surface area contributed by atoms with Crippen LogP contribution in [0.4, 0.5) is 4.39 Å². The molecule has 0 aromatic heterocycles. The molecule has 2 N–H and O–H groups in total. The van der Waals surface area contributed by atoms with Crippen LogP contribution in [0.5, 0.6) is 0 Å². The first kappa shape index (κ1) is 17.9. The van der Waals surface area contributed by atoms with Crippen LogP contribution in [0.3, 0.4) is 0 Å². The molecule has 108 valence electrons. The van der Waals surface area contributed by atoms with Gasteiger partial charge in [-0.1, -0.05) is 25.5 Å². The molecule has 1 rings (SSSR count). The van der Waals surface area contributed by atoms with Crippen molar-refractivity contribution in [2.75, 3.05) is 7.05 Å². The molecule has 2 atom stereocenters. The van der Waals surface area contributed by atoms with E-state index in [4.69, 9.17) is 5.73 Å². The Hall–Kier alpha value is -1.13. The summed E-state index contributed by atoms with van der Waals surface area (Å²) in [6, 6.07) is 5.61. The lowest BCUT2D eigenvalue weighted by Gasteiger charge is -2.27. The van der Waals surface area contributed by atoms with E-state index in [0.717, 1.165) is 12.0 Å². The third kappa shape index (κ3) is 4.80. The van der Waals surface area contributed by atoms with Crippen LogP contribution >= 0.6 is 12.4 Å². The van der Waals surface area contributed by atoms with E-state index in [-0.39, 0.29) is 30.2 Å². The summed E-state index contributed by atoms with van der Waals surface area (Å²) >= 11 is 0. The average Bonchev–Trinajstić information content (AvgIpc) is 2.37. The molecule has 1 amide bonds. The standard InChI is InChI=1S/C14H21FN2O.ClH/c1-4-5-13(16)14(18)17(3)10(2)11-6-8-12(15)9-7-11;/h6-10,13H,4-5,16H2,1-3H3;1H. The summed E-state index contributed by atoms with van der Waals surface area (Å²) < 4.78 is 12.8. The van der Waals surface area contributed by atoms with Gasteiger partial charge in [0.15, 0.2) is 0 Å². The summed E-state index contributed by atoms with van der Waals surface area (Å²) in [4.78, 5) is 13.7. The fourth-order valence-electron chi connectivity index (χ4n) is 1.85. The SMILES string of the molecule is CCCC(N)C(=O)N(C)C(C)c1ccc(F)cc1.Cl. The molecule has 0 bridgehead atoms. The van der Waals surface area contributed by atoms with Crippen molar-refractivity contribution in [2.45, 2.75) is 38.8 Å². The zero-order valence-corrected chi connectivity index (χ0v) is 12.4. The minimum absolute atomic E-state index is 0. The fraction of sp³-hybridized carbons (Fsp3) is 0.500. The predicted molar refractivity (Wildman–Crippen MR) is 77.7 cm³/mol. The molecule has 0 radical (unpaired) electrons. The van der Waals surface area contributed by atoms with Crippen molar-refractivity contribution in [3.63, 3.8) is 0 Å². The number of benzene rings is 1. The van der Waals surface area contributed by atoms with Crippen molar-refractivity contribution in [1.29, 1.82) is 0 Å². The summed E-state index contributed by atoms with van der Waals surface area (Å²) in [5.74, 6) is -0.351. The molecule has 19 heavy (non-hydrogen) atoms. The van der Waals surface area contributed by atoms with Gasteiger partial charge in [0.1, 0.15) is 5.82 Å². The van der Waals surface area contributed by atoms with Gasteiger partial charge in [-0.2, -0.15) is 0 Å². The van der Waals surface area contributed by atoms with E-state index >= 15 is 0 Å². The molecule has 0 aliphatic carbocycles. The maximum absolute atomic E-state index is 12.8. The Bertz CT molecular complexity index is 397. The topological polar surface area (TPSA) is 46.3 Å². The van der Waals surface area contributed by atoms with E-state index in [9.17, 15) is 9.18 Å². The highest BCUT2D eigenvalue weighted by molar-refractivity contribution is 5.85. The zero-order valence-electron chi connectivity index (χ0n) is 11.6. The Morgan fingerprint density at radius 1 is 1.37 bits per heavy atom. The second-order valence-corrected chi connectivity index (χ2v) is 4.57. The lowest BCUT2D eigenvalue weighted by molar-refractivity contribution is -0.133. The number of rotatable bonds is 5. The van der Waals surface area contributed by atoms with Crippen LogP contribution in [-0.2, 0) is 4.79 Å². The fourth-order valence-corrected chi connectivity index (χ4v) is 1.85. The average molecular weight is 289 g/mol. The van der Waals surface area contributed by atoms with Crippen LogP contribution < -0.4 is 5.73 Å². The quantitative estimate of drug-likeness (QED) is 0.905. The first-order valence-electron chi connectivity index (χ1n) is 6.25. The molecule has 0 fully saturated rings. The molecule has 0 saturated carbocycles. The number of nitrogens with two attached hydrogens (primary N) is 1. The van der Waals surface area contributed by atoms with Crippen molar-refractivity contribution in [1.82, 2.24) is 4.90 Å². The maximum Gasteiger partial charge on any atom is 0.239 e. The predicted octanol–water partition coefficient (Wildman–Crippen LogP) is 2.89. The maximum atomic E-state index is 12.8. The van der Waals surface area contributed by atoms with Gasteiger partial charge in [-0.25, -0.2) is 4.39 Å². The Kier molecular flexibility index (Phi) is 7.64. The highest BCUT2D eigenvalue weighted by atomic mass is 35.5. The van der Waals surface area contributed by atoms with Crippen molar-refractivity contribution in [3.05, 3.63) is 35.6 Å². The lowest BCUT2D eigenvalue weighted by Crippen LogP contribution is -2.42. The van der Waals surface area contributed by atoms with Crippen LogP contribution in [0.15, 0.2) is 24.3 Å². The molecule has 0 aliphatic heterocycles. The normalized spacial score (nSPS) is 13.3. The molecule has 0 heterocycles. The van der Waals surface area contributed by atoms with Crippen LogP contribution in [0.2, 0.25) is 0 Å². The highest BCUT2D eigenvalue weighted by Crippen LogP contribution is 2.19. The Balaban J connectivity index is 0.00000324. The molecule has 1 aromatic carbocycles. The van der Waals surface area contributed by atoms with Crippen molar-refractivity contribution < 1.29 is 9.18 Å². The second kappa shape index (κ2) is 8.12. The van der Waals surface area contributed by atoms with Gasteiger partial charge in [0.25, 0.3) is 0 Å². The highest BCUT2D eigenvalue weighted by Gasteiger charge is 2.22. The van der Waals surface area contributed by atoms with Gasteiger partial charge in [-0.3, -0.25) is 4.79 Å². The summed E-state index contributed by atoms with van der Waals surface area (Å²) in [5.41, 5.74) is 6.72. The number of hydrogen-bond acceptors (Lipinski definition) is 2. The Morgan fingerprint density at radius 2 is 1.89 bits per heavy atom. The number of carbonyl (C=O) groups excluding carboxylic acids is 1. The van der Waals surface area contributed by atoms with Crippen LogP contribution in [0, 0.1) is 5.82 Å². The Labute approximate surface area is 120 Å². The first-order valence-corrected chi connectivity index (χ1v) is 6.25. The Morgan fingerprint density at radius 3 is 2.37 bits per heavy atom. The van der Waals surface area contributed by atoms with Gasteiger partial charge in [0.05, 0.1) is 12.1 Å². The van der Waals surface area contributed by atoms with E-state index in [1.54, 1.807) is 24.1 Å². The number of carbonyl (C=O) groups is 1. The summed E-state index contributed by atoms with van der Waals surface area (Å²) in [5, 5.41) is 0. The van der Waals surface area contributed by atoms with Crippen molar-refractivity contribution >= 4 is 18.3 Å². The monoisotopic (exact) mass is 288 g/mol. The molecule has 1 aromatic rings. The van der Waals surface area contributed by atoms with E-state index in [2.05, 4.69) is 0 Å². The van der Waals surface area contributed by atoms with Gasteiger partial charge >= 0.3 is 0 Å². The third-order valence-corrected chi connectivity index (χ3v) is 3.20. The molecule has 0 aliphatic rings. The van der Waals surface area contributed by atoms with E-state index in [1.807, 2.05) is 13.8 Å². The largest absolute Gasteiger partial charge is 0.338 e. The lowest BCUT2D eigenvalue weighted by atomic mass is 10.1. The first-order chi connectivity index (χ1) is 8.47. The molecule has 0 spiro atoms. The van der Waals surface area contributed by atoms with Crippen molar-refractivity contribution in [3.8, 4) is 0 Å². The van der Waals surface area contributed by atoms with E-state index < -0.39 is 6.04 Å². The number of halogens is 2. The number of nitrogens with zero attached hydrogens (tertiary/aromatic N) is 1. The number of likely N-dealkylation sites (N-methyl/N-ethyl adjacent to an activating group) is 1. The minimum Gasteiger partial charge on any atom is -0.338 e. The number of amides is 1. The molecule has 5 heteroatoms. The number of hydrogen-bond donors (Lipinski definition) is 1. The van der Waals surface area contributed by atoms with Crippen LogP contribution in [0.25, 0.3) is 0 Å².